The van der Waals surface area contributed by atoms with Crippen LogP contribution in [-0.4, -0.2) is 38.9 Å². The number of anilines is 1. The molecule has 0 atom stereocenters. The molecule has 0 radical (unpaired) electrons. The van der Waals surface area contributed by atoms with Crippen LogP contribution in [0.15, 0.2) is 95.0 Å². The fourth-order valence-electron chi connectivity index (χ4n) is 3.34. The van der Waals surface area contributed by atoms with Crippen molar-refractivity contribution in [3.8, 4) is 16.8 Å². The molecule has 3 aromatic carbocycles. The Hall–Kier alpha value is -3.96. The molecule has 2 amide bonds. The van der Waals surface area contributed by atoms with Crippen LogP contribution in [-0.2, 0) is 19.9 Å². The SMILES string of the molecule is Cc1ccc(S(=O)(=O)NC(=O)Nc2ccccc2-c2cnn(-c3ccc(S(C)(=O)=O)cc3)c2)cc1. The van der Waals surface area contributed by atoms with E-state index in [0.717, 1.165) is 11.8 Å². The Balaban J connectivity index is 1.54. The van der Waals surface area contributed by atoms with E-state index in [2.05, 4.69) is 10.4 Å². The Bertz CT molecular complexity index is 1590. The summed E-state index contributed by atoms with van der Waals surface area (Å²) in [6.07, 6.45) is 4.45. The van der Waals surface area contributed by atoms with Crippen LogP contribution in [0.25, 0.3) is 16.8 Å². The Morgan fingerprint density at radius 3 is 2.14 bits per heavy atom. The molecule has 0 saturated carbocycles. The largest absolute Gasteiger partial charge is 0.333 e. The van der Waals surface area contributed by atoms with Crippen molar-refractivity contribution < 1.29 is 21.6 Å². The van der Waals surface area contributed by atoms with Crippen molar-refractivity contribution in [1.82, 2.24) is 14.5 Å². The Kier molecular flexibility index (Phi) is 6.46. The summed E-state index contributed by atoms with van der Waals surface area (Å²) in [6, 6.07) is 18.4. The Morgan fingerprint density at radius 2 is 1.49 bits per heavy atom. The van der Waals surface area contributed by atoms with Crippen molar-refractivity contribution in [2.24, 2.45) is 0 Å². The van der Waals surface area contributed by atoms with Crippen LogP contribution in [0.5, 0.6) is 0 Å². The van der Waals surface area contributed by atoms with E-state index in [4.69, 9.17) is 0 Å². The van der Waals surface area contributed by atoms with Gasteiger partial charge in [-0.15, -0.1) is 0 Å². The summed E-state index contributed by atoms with van der Waals surface area (Å²) in [4.78, 5) is 12.7. The summed E-state index contributed by atoms with van der Waals surface area (Å²) in [6.45, 7) is 1.83. The molecular formula is C24H22N4O5S2. The second kappa shape index (κ2) is 9.35. The van der Waals surface area contributed by atoms with Crippen molar-refractivity contribution in [3.05, 3.63) is 90.8 Å². The van der Waals surface area contributed by atoms with Gasteiger partial charge in [0.2, 0.25) is 0 Å². The zero-order valence-electron chi connectivity index (χ0n) is 18.8. The number of benzene rings is 3. The number of carbonyl (C=O) groups excluding carboxylic acids is 1. The number of carbonyl (C=O) groups is 1. The van der Waals surface area contributed by atoms with Gasteiger partial charge in [-0.3, -0.25) is 0 Å². The van der Waals surface area contributed by atoms with E-state index < -0.39 is 25.9 Å². The minimum Gasteiger partial charge on any atom is -0.307 e. The first-order valence-corrected chi connectivity index (χ1v) is 13.8. The number of hydrogen-bond acceptors (Lipinski definition) is 6. The topological polar surface area (TPSA) is 127 Å². The van der Waals surface area contributed by atoms with Gasteiger partial charge in [0.1, 0.15) is 0 Å². The number of sulfonamides is 1. The fraction of sp³-hybridized carbons (Fsp3) is 0.0833. The Labute approximate surface area is 203 Å². The molecule has 0 saturated heterocycles. The standard InChI is InChI=1S/C24H22N4O5S2/c1-17-7-11-21(12-8-17)35(32,33)27-24(29)26-23-6-4-3-5-22(23)18-15-25-28(16-18)19-9-13-20(14-10-19)34(2,30)31/h3-16H,1-2H3,(H2,26,27,29). The van der Waals surface area contributed by atoms with Gasteiger partial charge in [0, 0.05) is 23.6 Å². The molecule has 0 unspecified atom stereocenters. The minimum atomic E-state index is -4.04. The highest BCUT2D eigenvalue weighted by Crippen LogP contribution is 2.28. The highest BCUT2D eigenvalue weighted by Gasteiger charge is 2.19. The predicted molar refractivity (Wildman–Crippen MR) is 133 cm³/mol. The van der Waals surface area contributed by atoms with Gasteiger partial charge in [-0.05, 0) is 49.4 Å². The summed E-state index contributed by atoms with van der Waals surface area (Å²) < 4.78 is 52.0. The van der Waals surface area contributed by atoms with Crippen LogP contribution in [0.3, 0.4) is 0 Å². The first-order chi connectivity index (χ1) is 16.5. The van der Waals surface area contributed by atoms with Crippen molar-refractivity contribution in [2.75, 3.05) is 11.6 Å². The maximum atomic E-state index is 12.5. The number of para-hydroxylation sites is 1. The quantitative estimate of drug-likeness (QED) is 0.407. The average molecular weight is 511 g/mol. The van der Waals surface area contributed by atoms with E-state index in [9.17, 15) is 21.6 Å². The molecule has 9 nitrogen and oxygen atoms in total. The molecule has 1 aromatic heterocycles. The third kappa shape index (κ3) is 5.58. The third-order valence-electron chi connectivity index (χ3n) is 5.16. The summed E-state index contributed by atoms with van der Waals surface area (Å²) >= 11 is 0. The van der Waals surface area contributed by atoms with Crippen molar-refractivity contribution in [1.29, 1.82) is 0 Å². The number of aryl methyl sites for hydroxylation is 1. The monoisotopic (exact) mass is 510 g/mol. The summed E-state index contributed by atoms with van der Waals surface area (Å²) in [5, 5.41) is 6.91. The molecule has 0 aliphatic rings. The van der Waals surface area contributed by atoms with E-state index in [1.807, 2.05) is 11.6 Å². The first kappa shape index (κ1) is 24.2. The molecule has 0 spiro atoms. The van der Waals surface area contributed by atoms with E-state index in [1.165, 1.54) is 24.3 Å². The predicted octanol–water partition coefficient (Wildman–Crippen LogP) is 3.76. The maximum Gasteiger partial charge on any atom is 0.333 e. The summed E-state index contributed by atoms with van der Waals surface area (Å²) in [5.41, 5.74) is 3.21. The molecule has 0 aliphatic heterocycles. The van der Waals surface area contributed by atoms with Gasteiger partial charge in [0.25, 0.3) is 10.0 Å². The number of rotatable bonds is 6. The number of aromatic nitrogens is 2. The van der Waals surface area contributed by atoms with Crippen LogP contribution in [0.2, 0.25) is 0 Å². The second-order valence-electron chi connectivity index (χ2n) is 7.86. The second-order valence-corrected chi connectivity index (χ2v) is 11.6. The molecule has 2 N–H and O–H groups in total. The lowest BCUT2D eigenvalue weighted by molar-refractivity contribution is 0.256. The number of hydrogen-bond donors (Lipinski definition) is 2. The lowest BCUT2D eigenvalue weighted by Gasteiger charge is -2.12. The number of nitrogens with one attached hydrogen (secondary N) is 2. The zero-order chi connectivity index (χ0) is 25.2. The smallest absolute Gasteiger partial charge is 0.307 e. The van der Waals surface area contributed by atoms with Crippen molar-refractivity contribution in [2.45, 2.75) is 16.7 Å². The molecule has 0 aliphatic carbocycles. The molecule has 180 valence electrons. The molecule has 4 aromatic rings. The van der Waals surface area contributed by atoms with Crippen LogP contribution in [0.1, 0.15) is 5.56 Å². The number of amides is 2. The lowest BCUT2D eigenvalue weighted by Crippen LogP contribution is -2.34. The van der Waals surface area contributed by atoms with Crippen molar-refractivity contribution >= 4 is 31.6 Å². The molecule has 1 heterocycles. The minimum absolute atomic E-state index is 0.0188. The third-order valence-corrected chi connectivity index (χ3v) is 7.63. The normalized spacial score (nSPS) is 11.7. The number of nitrogens with zero attached hydrogens (tertiary/aromatic N) is 2. The fourth-order valence-corrected chi connectivity index (χ4v) is 4.88. The van der Waals surface area contributed by atoms with Gasteiger partial charge in [-0.1, -0.05) is 35.9 Å². The van der Waals surface area contributed by atoms with Gasteiger partial charge in [0.05, 0.1) is 27.4 Å². The summed E-state index contributed by atoms with van der Waals surface area (Å²) in [5.74, 6) is 0. The first-order valence-electron chi connectivity index (χ1n) is 10.4. The highest BCUT2D eigenvalue weighted by molar-refractivity contribution is 7.90. The van der Waals surface area contributed by atoms with E-state index >= 15 is 0 Å². The molecule has 11 heteroatoms. The van der Waals surface area contributed by atoms with Crippen LogP contribution in [0, 0.1) is 6.92 Å². The van der Waals surface area contributed by atoms with Crippen LogP contribution < -0.4 is 10.0 Å². The molecule has 0 fully saturated rings. The van der Waals surface area contributed by atoms with Gasteiger partial charge >= 0.3 is 6.03 Å². The molecule has 35 heavy (non-hydrogen) atoms. The number of sulfone groups is 1. The van der Waals surface area contributed by atoms with E-state index in [0.29, 0.717) is 22.5 Å². The maximum absolute atomic E-state index is 12.5. The van der Waals surface area contributed by atoms with Crippen LogP contribution >= 0.6 is 0 Å². The Morgan fingerprint density at radius 1 is 0.857 bits per heavy atom. The van der Waals surface area contributed by atoms with Gasteiger partial charge < -0.3 is 5.32 Å². The number of urea groups is 1. The summed E-state index contributed by atoms with van der Waals surface area (Å²) in [7, 11) is -7.35. The highest BCUT2D eigenvalue weighted by atomic mass is 32.2. The van der Waals surface area contributed by atoms with E-state index in [1.54, 1.807) is 65.6 Å². The molecule has 4 rings (SSSR count). The van der Waals surface area contributed by atoms with Crippen molar-refractivity contribution in [3.63, 3.8) is 0 Å². The molecular weight excluding hydrogens is 488 g/mol. The van der Waals surface area contributed by atoms with Crippen LogP contribution in [0.4, 0.5) is 10.5 Å². The van der Waals surface area contributed by atoms with Gasteiger partial charge in [-0.25, -0.2) is 31.0 Å². The van der Waals surface area contributed by atoms with Gasteiger partial charge in [0.15, 0.2) is 9.84 Å². The average Bonchev–Trinajstić information content (AvgIpc) is 3.29. The van der Waals surface area contributed by atoms with Gasteiger partial charge in [-0.2, -0.15) is 5.10 Å². The lowest BCUT2D eigenvalue weighted by atomic mass is 10.1. The molecule has 0 bridgehead atoms. The zero-order valence-corrected chi connectivity index (χ0v) is 20.5. The van der Waals surface area contributed by atoms with E-state index in [-0.39, 0.29) is 9.79 Å².